The summed E-state index contributed by atoms with van der Waals surface area (Å²) in [5, 5.41) is 3.09. The van der Waals surface area contributed by atoms with E-state index in [4.69, 9.17) is 9.72 Å². The van der Waals surface area contributed by atoms with E-state index in [0.717, 1.165) is 22.6 Å². The summed E-state index contributed by atoms with van der Waals surface area (Å²) in [6.45, 7) is 8.56. The van der Waals surface area contributed by atoms with E-state index in [0.29, 0.717) is 12.2 Å². The maximum absolute atomic E-state index is 12.7. The summed E-state index contributed by atoms with van der Waals surface area (Å²) in [6, 6.07) is 10.8. The molecule has 1 unspecified atom stereocenters. The zero-order valence-corrected chi connectivity index (χ0v) is 15.8. The van der Waals surface area contributed by atoms with Crippen molar-refractivity contribution in [2.75, 3.05) is 7.11 Å². The lowest BCUT2D eigenvalue weighted by Gasteiger charge is -2.23. The Bertz CT molecular complexity index is 947. The third kappa shape index (κ3) is 3.84. The fourth-order valence-electron chi connectivity index (χ4n) is 3.05. The number of hydrogen-bond donors (Lipinski definition) is 1. The number of nitrogens with zero attached hydrogens (tertiary/aromatic N) is 3. The Morgan fingerprint density at radius 1 is 1.33 bits per heavy atom. The molecule has 1 amide bonds. The van der Waals surface area contributed by atoms with Gasteiger partial charge in [0.05, 0.1) is 24.2 Å². The van der Waals surface area contributed by atoms with Gasteiger partial charge in [0.1, 0.15) is 17.3 Å². The molecule has 1 N–H and O–H groups in total. The summed E-state index contributed by atoms with van der Waals surface area (Å²) in [4.78, 5) is 21.6. The molecule has 0 fully saturated rings. The van der Waals surface area contributed by atoms with Crippen molar-refractivity contribution in [3.63, 3.8) is 0 Å². The Morgan fingerprint density at radius 2 is 2.15 bits per heavy atom. The van der Waals surface area contributed by atoms with E-state index in [9.17, 15) is 4.79 Å². The molecule has 3 rings (SSSR count). The Kier molecular flexibility index (Phi) is 5.54. The van der Waals surface area contributed by atoms with Crippen LogP contribution < -0.4 is 10.1 Å². The molecule has 0 bridgehead atoms. The van der Waals surface area contributed by atoms with Crippen LogP contribution in [0.4, 0.5) is 0 Å². The summed E-state index contributed by atoms with van der Waals surface area (Å²) in [6.07, 6.45) is 3.43. The van der Waals surface area contributed by atoms with Crippen LogP contribution in [0.1, 0.15) is 36.2 Å². The van der Waals surface area contributed by atoms with Crippen molar-refractivity contribution in [2.45, 2.75) is 26.4 Å². The lowest BCUT2D eigenvalue weighted by molar-refractivity contribution is 0.0917. The van der Waals surface area contributed by atoms with Gasteiger partial charge in [-0.25, -0.2) is 4.98 Å². The topological polar surface area (TPSA) is 69.0 Å². The van der Waals surface area contributed by atoms with Crippen LogP contribution in [0.3, 0.4) is 0 Å². The molecule has 140 valence electrons. The fourth-order valence-corrected chi connectivity index (χ4v) is 3.05. The molecule has 3 aromatic rings. The van der Waals surface area contributed by atoms with Crippen molar-refractivity contribution in [3.05, 3.63) is 66.8 Å². The number of methoxy groups -OCH3 is 1. The van der Waals surface area contributed by atoms with Gasteiger partial charge in [0.2, 0.25) is 0 Å². The minimum absolute atomic E-state index is 0.139. The fraction of sp³-hybridized carbons (Fsp3) is 0.286. The number of benzene rings is 1. The molecule has 0 saturated carbocycles. The number of nitrogens with one attached hydrogen (secondary N) is 1. The van der Waals surface area contributed by atoms with Crippen LogP contribution in [0.25, 0.3) is 11.0 Å². The summed E-state index contributed by atoms with van der Waals surface area (Å²) in [5.41, 5.74) is 2.18. The highest BCUT2D eigenvalue weighted by Gasteiger charge is 2.25. The van der Waals surface area contributed by atoms with Crippen LogP contribution in [0.15, 0.2) is 55.3 Å². The minimum atomic E-state index is -0.266. The molecular formula is C21H24N4O2. The third-order valence-corrected chi connectivity index (χ3v) is 4.43. The number of hydrogen-bond acceptors (Lipinski definition) is 4. The molecule has 0 aliphatic rings. The molecule has 6 nitrogen and oxygen atoms in total. The summed E-state index contributed by atoms with van der Waals surface area (Å²) in [7, 11) is 1.64. The number of ether oxygens (including phenoxy) is 1. The van der Waals surface area contributed by atoms with Crippen LogP contribution in [0.2, 0.25) is 0 Å². The van der Waals surface area contributed by atoms with Crippen molar-refractivity contribution in [1.29, 1.82) is 0 Å². The normalized spacial score (nSPS) is 12.1. The summed E-state index contributed by atoms with van der Waals surface area (Å²) < 4.78 is 7.41. The van der Waals surface area contributed by atoms with Gasteiger partial charge in [-0.1, -0.05) is 26.0 Å². The first kappa shape index (κ1) is 18.6. The summed E-state index contributed by atoms with van der Waals surface area (Å²) >= 11 is 0. The van der Waals surface area contributed by atoms with Gasteiger partial charge in [0.15, 0.2) is 0 Å². The summed E-state index contributed by atoms with van der Waals surface area (Å²) in [5.74, 6) is 1.47. The number of pyridine rings is 1. The van der Waals surface area contributed by atoms with Gasteiger partial charge in [-0.3, -0.25) is 9.78 Å². The number of amides is 1. The SMILES string of the molecule is C=CCn1c(C(NC(=O)c2ccccn2)C(C)C)nc2ccc(OC)cc21. The molecule has 2 heterocycles. The average Bonchev–Trinajstić information content (AvgIpc) is 3.04. The maximum atomic E-state index is 12.7. The molecule has 1 atom stereocenters. The van der Waals surface area contributed by atoms with Crippen molar-refractivity contribution < 1.29 is 9.53 Å². The van der Waals surface area contributed by atoms with Crippen LogP contribution in [-0.2, 0) is 6.54 Å². The lowest BCUT2D eigenvalue weighted by Crippen LogP contribution is -2.34. The highest BCUT2D eigenvalue weighted by molar-refractivity contribution is 5.92. The van der Waals surface area contributed by atoms with Gasteiger partial charge in [-0.2, -0.15) is 0 Å². The molecule has 0 aliphatic carbocycles. The smallest absolute Gasteiger partial charge is 0.270 e. The Labute approximate surface area is 158 Å². The zero-order chi connectivity index (χ0) is 19.4. The average molecular weight is 364 g/mol. The first-order valence-corrected chi connectivity index (χ1v) is 8.92. The van der Waals surface area contributed by atoms with Crippen molar-refractivity contribution in [3.8, 4) is 5.75 Å². The second-order valence-corrected chi connectivity index (χ2v) is 6.63. The number of fused-ring (bicyclic) bond motifs is 1. The number of imidazole rings is 1. The van der Waals surface area contributed by atoms with E-state index >= 15 is 0 Å². The molecule has 6 heteroatoms. The highest BCUT2D eigenvalue weighted by Crippen LogP contribution is 2.28. The maximum Gasteiger partial charge on any atom is 0.270 e. The number of carbonyl (C=O) groups excluding carboxylic acids is 1. The third-order valence-electron chi connectivity index (χ3n) is 4.43. The Morgan fingerprint density at radius 3 is 2.78 bits per heavy atom. The van der Waals surface area contributed by atoms with E-state index < -0.39 is 0 Å². The van der Waals surface area contributed by atoms with E-state index in [-0.39, 0.29) is 17.9 Å². The lowest BCUT2D eigenvalue weighted by atomic mass is 10.0. The van der Waals surface area contributed by atoms with Gasteiger partial charge in [0, 0.05) is 18.8 Å². The van der Waals surface area contributed by atoms with Crippen LogP contribution in [0, 0.1) is 5.92 Å². The molecule has 0 radical (unpaired) electrons. The molecule has 1 aromatic carbocycles. The standard InChI is InChI=1S/C21H24N4O2/c1-5-12-25-18-13-15(27-4)9-10-16(18)23-20(25)19(14(2)3)24-21(26)17-8-6-7-11-22-17/h5-11,13-14,19H,1,12H2,2-4H3,(H,24,26). The Hall–Kier alpha value is -3.15. The number of aromatic nitrogens is 3. The van der Waals surface area contributed by atoms with Crippen LogP contribution in [-0.4, -0.2) is 27.6 Å². The Balaban J connectivity index is 2.04. The van der Waals surface area contributed by atoms with Gasteiger partial charge in [0.25, 0.3) is 5.91 Å². The predicted molar refractivity (Wildman–Crippen MR) is 106 cm³/mol. The van der Waals surface area contributed by atoms with Crippen LogP contribution in [0.5, 0.6) is 5.75 Å². The van der Waals surface area contributed by atoms with Gasteiger partial charge < -0.3 is 14.6 Å². The van der Waals surface area contributed by atoms with E-state index in [1.807, 2.05) is 24.3 Å². The monoisotopic (exact) mass is 364 g/mol. The number of allylic oxidation sites excluding steroid dienone is 1. The van der Waals surface area contributed by atoms with Crippen molar-refractivity contribution in [1.82, 2.24) is 19.9 Å². The second kappa shape index (κ2) is 8.03. The molecule has 2 aromatic heterocycles. The molecule has 0 aliphatic heterocycles. The van der Waals surface area contributed by atoms with Gasteiger partial charge in [-0.15, -0.1) is 6.58 Å². The van der Waals surface area contributed by atoms with Gasteiger partial charge in [-0.05, 0) is 30.2 Å². The molecule has 0 saturated heterocycles. The molecule has 27 heavy (non-hydrogen) atoms. The predicted octanol–water partition coefficient (Wildman–Crippen LogP) is 3.75. The quantitative estimate of drug-likeness (QED) is 0.648. The van der Waals surface area contributed by atoms with E-state index in [2.05, 4.69) is 35.3 Å². The number of carbonyl (C=O) groups is 1. The van der Waals surface area contributed by atoms with Crippen molar-refractivity contribution in [2.24, 2.45) is 5.92 Å². The van der Waals surface area contributed by atoms with E-state index in [1.54, 1.807) is 31.5 Å². The van der Waals surface area contributed by atoms with Gasteiger partial charge >= 0.3 is 0 Å². The van der Waals surface area contributed by atoms with E-state index in [1.165, 1.54) is 0 Å². The minimum Gasteiger partial charge on any atom is -0.497 e. The first-order chi connectivity index (χ1) is 13.0. The zero-order valence-electron chi connectivity index (χ0n) is 15.8. The van der Waals surface area contributed by atoms with Crippen LogP contribution >= 0.6 is 0 Å². The largest absolute Gasteiger partial charge is 0.497 e. The number of rotatable bonds is 7. The second-order valence-electron chi connectivity index (χ2n) is 6.63. The highest BCUT2D eigenvalue weighted by atomic mass is 16.5. The van der Waals surface area contributed by atoms with Crippen molar-refractivity contribution >= 4 is 16.9 Å². The first-order valence-electron chi connectivity index (χ1n) is 8.92. The molecule has 0 spiro atoms. The molecular weight excluding hydrogens is 340 g/mol.